The van der Waals surface area contributed by atoms with Crippen molar-refractivity contribution in [3.8, 4) is 28.4 Å². The molecule has 0 atom stereocenters. The maximum Gasteiger partial charge on any atom is 0.228 e. The molecule has 0 bridgehead atoms. The second kappa shape index (κ2) is 11.0. The minimum atomic E-state index is -1.00. The minimum Gasteiger partial charge on any atom is -0.497 e. The first-order chi connectivity index (χ1) is 19.9. The lowest BCUT2D eigenvalue weighted by Crippen LogP contribution is -2.46. The third kappa shape index (κ3) is 5.11. The zero-order valence-corrected chi connectivity index (χ0v) is 22.7. The molecule has 0 saturated carbocycles. The molecule has 0 aliphatic carbocycles. The van der Waals surface area contributed by atoms with Gasteiger partial charge in [0.25, 0.3) is 0 Å². The molecule has 3 heterocycles. The molecule has 1 aliphatic rings. The molecule has 3 aromatic carbocycles. The number of nitrogens with zero attached hydrogens (tertiary/aromatic N) is 6. The van der Waals surface area contributed by atoms with Crippen LogP contribution >= 0.6 is 0 Å². The average Bonchev–Trinajstić information content (AvgIpc) is 3.35. The number of hydrogen-bond donors (Lipinski definition) is 1. The van der Waals surface area contributed by atoms with Crippen molar-refractivity contribution in [3.63, 3.8) is 0 Å². The molecule has 210 valence electrons. The largest absolute Gasteiger partial charge is 0.497 e. The molecule has 0 spiro atoms. The summed E-state index contributed by atoms with van der Waals surface area (Å²) in [6, 6.07) is 19.2. The van der Waals surface area contributed by atoms with Crippen LogP contribution in [0.1, 0.15) is 5.56 Å². The molecule has 0 unspecified atom stereocenters. The smallest absolute Gasteiger partial charge is 0.228 e. The summed E-state index contributed by atoms with van der Waals surface area (Å²) in [5.41, 5.74) is 8.90. The van der Waals surface area contributed by atoms with Crippen LogP contribution in [0.3, 0.4) is 0 Å². The van der Waals surface area contributed by atoms with E-state index in [1.165, 1.54) is 22.4 Å². The second-order valence-electron chi connectivity index (χ2n) is 9.78. The zero-order valence-electron chi connectivity index (χ0n) is 22.7. The van der Waals surface area contributed by atoms with Gasteiger partial charge in [-0.15, -0.1) is 5.10 Å². The lowest BCUT2D eigenvalue weighted by Gasteiger charge is -2.34. The van der Waals surface area contributed by atoms with Gasteiger partial charge in [-0.2, -0.15) is 4.98 Å². The molecule has 6 rings (SSSR count). The molecule has 5 aromatic rings. The van der Waals surface area contributed by atoms with Crippen molar-refractivity contribution in [3.05, 3.63) is 83.9 Å². The van der Waals surface area contributed by atoms with Crippen LogP contribution < -0.4 is 20.1 Å². The van der Waals surface area contributed by atoms with Crippen molar-refractivity contribution in [2.45, 2.75) is 6.54 Å². The van der Waals surface area contributed by atoms with E-state index < -0.39 is 11.6 Å². The van der Waals surface area contributed by atoms with Gasteiger partial charge in [-0.05, 0) is 54.1 Å². The number of hydrogen-bond acceptors (Lipinski definition) is 8. The van der Waals surface area contributed by atoms with Gasteiger partial charge in [0.15, 0.2) is 17.3 Å². The first kappa shape index (κ1) is 26.5. The summed E-state index contributed by atoms with van der Waals surface area (Å²) in [5, 5.41) is 5.01. The fourth-order valence-corrected chi connectivity index (χ4v) is 5.04. The van der Waals surface area contributed by atoms with Gasteiger partial charge in [0.1, 0.15) is 17.3 Å². The highest BCUT2D eigenvalue weighted by Gasteiger charge is 2.26. The van der Waals surface area contributed by atoms with Gasteiger partial charge >= 0.3 is 0 Å². The number of nitrogens with two attached hydrogens (primary N) is 1. The van der Waals surface area contributed by atoms with Crippen LogP contribution in [0, 0.1) is 11.6 Å². The van der Waals surface area contributed by atoms with Gasteiger partial charge in [0.05, 0.1) is 31.0 Å². The van der Waals surface area contributed by atoms with E-state index in [1.807, 2.05) is 17.0 Å². The van der Waals surface area contributed by atoms with Crippen molar-refractivity contribution in [2.24, 2.45) is 0 Å². The summed E-state index contributed by atoms with van der Waals surface area (Å²) >= 11 is 0. The Morgan fingerprint density at radius 2 is 1.49 bits per heavy atom. The van der Waals surface area contributed by atoms with Crippen molar-refractivity contribution in [2.75, 3.05) is 51.0 Å². The third-order valence-corrected chi connectivity index (χ3v) is 7.30. The molecule has 2 N–H and O–H groups in total. The predicted molar refractivity (Wildman–Crippen MR) is 153 cm³/mol. The molecule has 9 nitrogen and oxygen atoms in total. The van der Waals surface area contributed by atoms with Crippen LogP contribution in [0.25, 0.3) is 28.0 Å². The van der Waals surface area contributed by atoms with Gasteiger partial charge in [0.2, 0.25) is 5.95 Å². The Kier molecular flexibility index (Phi) is 7.10. The quantitative estimate of drug-likeness (QED) is 0.308. The van der Waals surface area contributed by atoms with Crippen LogP contribution in [-0.4, -0.2) is 65.0 Å². The van der Waals surface area contributed by atoms with Crippen LogP contribution in [-0.2, 0) is 6.54 Å². The van der Waals surface area contributed by atoms with E-state index in [1.54, 1.807) is 38.5 Å². The lowest BCUT2D eigenvalue weighted by molar-refractivity contribution is 0.248. The number of rotatable bonds is 7. The lowest BCUT2D eigenvalue weighted by atomic mass is 10.1. The van der Waals surface area contributed by atoms with Crippen molar-refractivity contribution < 1.29 is 18.3 Å². The molecule has 41 heavy (non-hydrogen) atoms. The molecule has 1 aliphatic heterocycles. The Bertz CT molecular complexity index is 1680. The molecule has 0 amide bonds. The predicted octanol–water partition coefficient (Wildman–Crippen LogP) is 4.68. The van der Waals surface area contributed by atoms with Crippen molar-refractivity contribution in [1.29, 1.82) is 0 Å². The van der Waals surface area contributed by atoms with Gasteiger partial charge < -0.3 is 20.1 Å². The Balaban J connectivity index is 1.35. The molecular formula is C30H29F2N7O2. The summed E-state index contributed by atoms with van der Waals surface area (Å²) in [4.78, 5) is 13.9. The topological polar surface area (TPSA) is 94.6 Å². The van der Waals surface area contributed by atoms with Crippen LogP contribution in [0.2, 0.25) is 0 Å². The summed E-state index contributed by atoms with van der Waals surface area (Å²) in [6.07, 6.45) is 0. The number of aromatic nitrogens is 4. The first-order valence-electron chi connectivity index (χ1n) is 13.2. The third-order valence-electron chi connectivity index (χ3n) is 7.30. The number of benzene rings is 3. The standard InChI is InChI=1S/C30H29F2N7O2/c1-40-21-10-6-19(7-11-21)18-37-14-16-38(17-15-37)30-34-27(23-4-3-5-24(31)26(23)32)25-28(33)39(36-29(25)35-30)20-8-12-22(41-2)13-9-20/h3-13H,14-18,33H2,1-2H3. The number of methoxy groups -OCH3 is 2. The van der Waals surface area contributed by atoms with E-state index in [9.17, 15) is 4.39 Å². The average molecular weight is 558 g/mol. The van der Waals surface area contributed by atoms with E-state index in [0.29, 0.717) is 41.5 Å². The number of anilines is 2. The molecule has 1 saturated heterocycles. The number of halogens is 2. The highest BCUT2D eigenvalue weighted by molar-refractivity contribution is 5.99. The van der Waals surface area contributed by atoms with E-state index in [0.717, 1.165) is 31.5 Å². The molecule has 2 aromatic heterocycles. The second-order valence-corrected chi connectivity index (χ2v) is 9.78. The SMILES string of the molecule is COc1ccc(CN2CCN(c3nc(-c4cccc(F)c4F)c4c(N)n(-c5ccc(OC)cc5)nc4n3)CC2)cc1. The van der Waals surface area contributed by atoms with Crippen LogP contribution in [0.4, 0.5) is 20.5 Å². The van der Waals surface area contributed by atoms with Gasteiger partial charge in [0, 0.05) is 38.3 Å². The molecule has 11 heteroatoms. The number of piperazine rings is 1. The number of fused-ring (bicyclic) bond motifs is 1. The molecule has 0 radical (unpaired) electrons. The fraction of sp³-hybridized carbons (Fsp3) is 0.233. The van der Waals surface area contributed by atoms with E-state index >= 15 is 4.39 Å². The summed E-state index contributed by atoms with van der Waals surface area (Å²) in [6.45, 7) is 3.67. The fourth-order valence-electron chi connectivity index (χ4n) is 5.04. The van der Waals surface area contributed by atoms with Gasteiger partial charge in [-0.25, -0.2) is 18.4 Å². The van der Waals surface area contributed by atoms with Gasteiger partial charge in [-0.1, -0.05) is 18.2 Å². The Labute approximate surface area is 235 Å². The monoisotopic (exact) mass is 557 g/mol. The van der Waals surface area contributed by atoms with E-state index in [-0.39, 0.29) is 17.1 Å². The molecule has 1 fully saturated rings. The summed E-state index contributed by atoms with van der Waals surface area (Å²) in [7, 11) is 3.24. The number of nitrogen functional groups attached to an aromatic ring is 1. The summed E-state index contributed by atoms with van der Waals surface area (Å²) in [5.74, 6) is 0.147. The number of ether oxygens (including phenoxy) is 2. The summed E-state index contributed by atoms with van der Waals surface area (Å²) < 4.78 is 41.4. The van der Waals surface area contributed by atoms with Gasteiger partial charge in [-0.3, -0.25) is 4.90 Å². The van der Waals surface area contributed by atoms with E-state index in [2.05, 4.69) is 22.1 Å². The maximum absolute atomic E-state index is 15.1. The Morgan fingerprint density at radius 1 is 0.829 bits per heavy atom. The van der Waals surface area contributed by atoms with E-state index in [4.69, 9.17) is 25.2 Å². The van der Waals surface area contributed by atoms with Crippen LogP contribution in [0.5, 0.6) is 11.5 Å². The maximum atomic E-state index is 15.1. The Hall–Kier alpha value is -4.77. The zero-order chi connectivity index (χ0) is 28.5. The minimum absolute atomic E-state index is 0.00206. The molecular weight excluding hydrogens is 528 g/mol. The van der Waals surface area contributed by atoms with Crippen LogP contribution in [0.15, 0.2) is 66.7 Å². The normalized spacial score (nSPS) is 14.0. The van der Waals surface area contributed by atoms with Crippen molar-refractivity contribution >= 4 is 22.8 Å². The highest BCUT2D eigenvalue weighted by atomic mass is 19.2. The highest BCUT2D eigenvalue weighted by Crippen LogP contribution is 2.35. The Morgan fingerprint density at radius 3 is 2.15 bits per heavy atom. The van der Waals surface area contributed by atoms with Crippen molar-refractivity contribution in [1.82, 2.24) is 24.6 Å². The first-order valence-corrected chi connectivity index (χ1v) is 13.2.